The molecular weight excluding hydrogens is 265 g/mol. The lowest BCUT2D eigenvalue weighted by atomic mass is 10.1. The Kier molecular flexibility index (Phi) is 4.08. The van der Waals surface area contributed by atoms with Crippen LogP contribution < -0.4 is 5.73 Å². The summed E-state index contributed by atoms with van der Waals surface area (Å²) >= 11 is 0. The summed E-state index contributed by atoms with van der Waals surface area (Å²) in [4.78, 5) is 4.17. The SMILES string of the molecule is NC(=NCc1ccc(C(F)(F)F)cc1)c1ccccc1. The highest BCUT2D eigenvalue weighted by molar-refractivity contribution is 5.97. The maximum absolute atomic E-state index is 12.4. The van der Waals surface area contributed by atoms with Crippen LogP contribution in [0.1, 0.15) is 16.7 Å². The molecule has 0 saturated carbocycles. The number of amidine groups is 1. The van der Waals surface area contributed by atoms with Crippen LogP contribution in [-0.2, 0) is 12.7 Å². The first-order chi connectivity index (χ1) is 9.47. The lowest BCUT2D eigenvalue weighted by molar-refractivity contribution is -0.137. The van der Waals surface area contributed by atoms with E-state index >= 15 is 0 Å². The van der Waals surface area contributed by atoms with Gasteiger partial charge in [0.05, 0.1) is 12.1 Å². The second kappa shape index (κ2) is 5.77. The van der Waals surface area contributed by atoms with Gasteiger partial charge in [0, 0.05) is 5.56 Å². The van der Waals surface area contributed by atoms with Crippen molar-refractivity contribution in [3.63, 3.8) is 0 Å². The number of halogens is 3. The second-order valence-electron chi connectivity index (χ2n) is 4.26. The molecule has 2 aromatic rings. The Hall–Kier alpha value is -2.30. The van der Waals surface area contributed by atoms with Gasteiger partial charge in [-0.1, -0.05) is 42.5 Å². The summed E-state index contributed by atoms with van der Waals surface area (Å²) in [6.07, 6.45) is -4.31. The molecule has 0 aliphatic heterocycles. The summed E-state index contributed by atoms with van der Waals surface area (Å²) in [7, 11) is 0. The molecule has 0 aliphatic carbocycles. The standard InChI is InChI=1S/C15H13F3N2/c16-15(17,18)13-8-6-11(7-9-13)10-20-14(19)12-4-2-1-3-5-12/h1-9H,10H2,(H2,19,20). The van der Waals surface area contributed by atoms with E-state index in [4.69, 9.17) is 5.73 Å². The minimum atomic E-state index is -4.31. The van der Waals surface area contributed by atoms with Crippen LogP contribution in [0.5, 0.6) is 0 Å². The monoisotopic (exact) mass is 278 g/mol. The highest BCUT2D eigenvalue weighted by Gasteiger charge is 2.29. The second-order valence-corrected chi connectivity index (χ2v) is 4.26. The fraction of sp³-hybridized carbons (Fsp3) is 0.133. The Labute approximate surface area is 114 Å². The average Bonchev–Trinajstić information content (AvgIpc) is 2.45. The maximum Gasteiger partial charge on any atom is 0.416 e. The minimum absolute atomic E-state index is 0.249. The first-order valence-corrected chi connectivity index (χ1v) is 5.98. The van der Waals surface area contributed by atoms with E-state index in [1.165, 1.54) is 12.1 Å². The Balaban J connectivity index is 2.08. The van der Waals surface area contributed by atoms with Crippen molar-refractivity contribution in [1.29, 1.82) is 0 Å². The molecule has 5 heteroatoms. The van der Waals surface area contributed by atoms with Crippen LogP contribution in [0.3, 0.4) is 0 Å². The van der Waals surface area contributed by atoms with E-state index in [1.807, 2.05) is 30.3 Å². The van der Waals surface area contributed by atoms with Crippen LogP contribution >= 0.6 is 0 Å². The summed E-state index contributed by atoms with van der Waals surface area (Å²) in [5.41, 5.74) is 6.62. The molecule has 2 N–H and O–H groups in total. The van der Waals surface area contributed by atoms with Crippen LogP contribution in [0, 0.1) is 0 Å². The molecule has 0 fully saturated rings. The van der Waals surface area contributed by atoms with Crippen LogP contribution in [0.2, 0.25) is 0 Å². The van der Waals surface area contributed by atoms with Crippen LogP contribution in [0.4, 0.5) is 13.2 Å². The van der Waals surface area contributed by atoms with Gasteiger partial charge in [-0.3, -0.25) is 4.99 Å². The molecule has 2 rings (SSSR count). The van der Waals surface area contributed by atoms with Crippen LogP contribution in [-0.4, -0.2) is 5.84 Å². The lowest BCUT2D eigenvalue weighted by Gasteiger charge is -2.07. The zero-order chi connectivity index (χ0) is 14.6. The molecule has 104 valence electrons. The van der Waals surface area contributed by atoms with Gasteiger partial charge in [0.1, 0.15) is 5.84 Å². The molecule has 0 spiro atoms. The van der Waals surface area contributed by atoms with Crippen molar-refractivity contribution in [1.82, 2.24) is 0 Å². The molecule has 0 aromatic heterocycles. The molecule has 0 aliphatic rings. The number of benzene rings is 2. The van der Waals surface area contributed by atoms with Gasteiger partial charge in [0.2, 0.25) is 0 Å². The summed E-state index contributed by atoms with van der Waals surface area (Å²) in [6.45, 7) is 0.249. The summed E-state index contributed by atoms with van der Waals surface area (Å²) in [5, 5.41) is 0. The normalized spacial score (nSPS) is 12.4. The van der Waals surface area contributed by atoms with Crippen LogP contribution in [0.25, 0.3) is 0 Å². The third-order valence-electron chi connectivity index (χ3n) is 2.78. The maximum atomic E-state index is 12.4. The summed E-state index contributed by atoms with van der Waals surface area (Å²) < 4.78 is 37.2. The average molecular weight is 278 g/mol. The highest BCUT2D eigenvalue weighted by Crippen LogP contribution is 2.29. The lowest BCUT2D eigenvalue weighted by Crippen LogP contribution is -2.13. The van der Waals surface area contributed by atoms with Gasteiger partial charge in [-0.25, -0.2) is 0 Å². The van der Waals surface area contributed by atoms with E-state index in [0.29, 0.717) is 11.4 Å². The van der Waals surface area contributed by atoms with E-state index in [1.54, 1.807) is 0 Å². The third kappa shape index (κ3) is 3.60. The Bertz CT molecular complexity index is 587. The highest BCUT2D eigenvalue weighted by atomic mass is 19.4. The summed E-state index contributed by atoms with van der Waals surface area (Å²) in [5.74, 6) is 0.366. The van der Waals surface area contributed by atoms with Crippen molar-refractivity contribution in [2.75, 3.05) is 0 Å². The molecule has 0 heterocycles. The van der Waals surface area contributed by atoms with Gasteiger partial charge in [0.25, 0.3) is 0 Å². The first-order valence-electron chi connectivity index (χ1n) is 5.98. The van der Waals surface area contributed by atoms with Gasteiger partial charge < -0.3 is 5.73 Å². The van der Waals surface area contributed by atoms with Gasteiger partial charge in [0.15, 0.2) is 0 Å². The molecule has 2 nitrogen and oxygen atoms in total. The van der Waals surface area contributed by atoms with Gasteiger partial charge in [-0.15, -0.1) is 0 Å². The molecule has 0 radical (unpaired) electrons. The third-order valence-corrected chi connectivity index (χ3v) is 2.78. The fourth-order valence-corrected chi connectivity index (χ4v) is 1.68. The number of hydrogen-bond acceptors (Lipinski definition) is 1. The van der Waals surface area contributed by atoms with Crippen molar-refractivity contribution in [2.24, 2.45) is 10.7 Å². The van der Waals surface area contributed by atoms with E-state index in [2.05, 4.69) is 4.99 Å². The molecule has 0 unspecified atom stereocenters. The largest absolute Gasteiger partial charge is 0.416 e. The Morgan fingerprint density at radius 3 is 2.10 bits per heavy atom. The topological polar surface area (TPSA) is 38.4 Å². The van der Waals surface area contributed by atoms with Crippen molar-refractivity contribution < 1.29 is 13.2 Å². The van der Waals surface area contributed by atoms with E-state index < -0.39 is 11.7 Å². The van der Waals surface area contributed by atoms with E-state index in [9.17, 15) is 13.2 Å². The number of rotatable bonds is 3. The molecule has 20 heavy (non-hydrogen) atoms. The summed E-state index contributed by atoms with van der Waals surface area (Å²) in [6, 6.07) is 14.1. The molecule has 0 amide bonds. The van der Waals surface area contributed by atoms with Gasteiger partial charge in [-0.05, 0) is 17.7 Å². The fourth-order valence-electron chi connectivity index (χ4n) is 1.68. The quantitative estimate of drug-likeness (QED) is 0.676. The molecule has 0 saturated heterocycles. The predicted molar refractivity (Wildman–Crippen MR) is 72.3 cm³/mol. The van der Waals surface area contributed by atoms with E-state index in [0.717, 1.165) is 17.7 Å². The van der Waals surface area contributed by atoms with E-state index in [-0.39, 0.29) is 6.54 Å². The molecule has 0 atom stereocenters. The number of nitrogens with zero attached hydrogens (tertiary/aromatic N) is 1. The van der Waals surface area contributed by atoms with Gasteiger partial charge in [-0.2, -0.15) is 13.2 Å². The van der Waals surface area contributed by atoms with Crippen molar-refractivity contribution in [3.05, 3.63) is 71.3 Å². The van der Waals surface area contributed by atoms with Gasteiger partial charge >= 0.3 is 6.18 Å². The molecular formula is C15H13F3N2. The molecule has 0 bridgehead atoms. The molecule has 2 aromatic carbocycles. The first kappa shape index (κ1) is 14.1. The van der Waals surface area contributed by atoms with Crippen LogP contribution in [0.15, 0.2) is 59.6 Å². The Morgan fingerprint density at radius 1 is 0.950 bits per heavy atom. The van der Waals surface area contributed by atoms with Crippen molar-refractivity contribution >= 4 is 5.84 Å². The van der Waals surface area contributed by atoms with Crippen molar-refractivity contribution in [3.8, 4) is 0 Å². The van der Waals surface area contributed by atoms with Crippen molar-refractivity contribution in [2.45, 2.75) is 12.7 Å². The number of nitrogens with two attached hydrogens (primary N) is 1. The number of alkyl halides is 3. The predicted octanol–water partition coefficient (Wildman–Crippen LogP) is 3.61. The minimum Gasteiger partial charge on any atom is -0.383 e. The number of aliphatic imine (C=N–C) groups is 1. The smallest absolute Gasteiger partial charge is 0.383 e. The Morgan fingerprint density at radius 2 is 1.55 bits per heavy atom. The zero-order valence-corrected chi connectivity index (χ0v) is 10.6. The zero-order valence-electron chi connectivity index (χ0n) is 10.6. The number of hydrogen-bond donors (Lipinski definition) is 1.